The topological polar surface area (TPSA) is 63.3 Å². The minimum Gasteiger partial charge on any atom is -0.478 e. The van der Waals surface area contributed by atoms with Gasteiger partial charge in [-0.15, -0.1) is 0 Å². The van der Waals surface area contributed by atoms with E-state index in [1.54, 1.807) is 12.1 Å². The number of carboxylic acids is 1. The van der Waals surface area contributed by atoms with Crippen molar-refractivity contribution >= 4 is 44.8 Å². The third-order valence-corrected chi connectivity index (χ3v) is 4.18. The van der Waals surface area contributed by atoms with E-state index in [1.165, 1.54) is 11.8 Å². The quantitative estimate of drug-likeness (QED) is 0.757. The summed E-state index contributed by atoms with van der Waals surface area (Å²) in [5, 5.41) is 9.58. The molecule has 0 aliphatic rings. The molecule has 6 heteroatoms. The molecule has 100 valence electrons. The van der Waals surface area contributed by atoms with Crippen LogP contribution in [0.3, 0.4) is 0 Å². The molecule has 0 unspecified atom stereocenters. The summed E-state index contributed by atoms with van der Waals surface area (Å²) < 4.78 is 6.14. The standard InChI is InChI=1S/C14H8BrNO3S/c15-10-6-5-8(7-9(10)13(17)18)20-14-16-11-3-1-2-4-12(11)19-14/h1-7H,(H,17,18). The molecule has 4 nitrogen and oxygen atoms in total. The summed E-state index contributed by atoms with van der Waals surface area (Å²) in [4.78, 5) is 16.2. The fourth-order valence-electron chi connectivity index (χ4n) is 1.73. The van der Waals surface area contributed by atoms with Gasteiger partial charge in [0, 0.05) is 9.37 Å². The smallest absolute Gasteiger partial charge is 0.336 e. The molecule has 0 atom stereocenters. The van der Waals surface area contributed by atoms with Gasteiger partial charge in [0.1, 0.15) is 5.52 Å². The summed E-state index contributed by atoms with van der Waals surface area (Å²) in [6.45, 7) is 0. The van der Waals surface area contributed by atoms with Crippen LogP contribution in [0.5, 0.6) is 0 Å². The van der Waals surface area contributed by atoms with Crippen molar-refractivity contribution in [2.75, 3.05) is 0 Å². The Morgan fingerprint density at radius 3 is 2.80 bits per heavy atom. The molecule has 0 fully saturated rings. The predicted octanol–water partition coefficient (Wildman–Crippen LogP) is 4.44. The minimum absolute atomic E-state index is 0.214. The van der Waals surface area contributed by atoms with Crippen LogP contribution < -0.4 is 0 Å². The largest absolute Gasteiger partial charge is 0.478 e. The monoisotopic (exact) mass is 349 g/mol. The predicted molar refractivity (Wildman–Crippen MR) is 79.2 cm³/mol. The maximum Gasteiger partial charge on any atom is 0.336 e. The molecule has 1 aromatic heterocycles. The van der Waals surface area contributed by atoms with Crippen molar-refractivity contribution in [1.29, 1.82) is 0 Å². The van der Waals surface area contributed by atoms with Gasteiger partial charge >= 0.3 is 5.97 Å². The van der Waals surface area contributed by atoms with Crippen LogP contribution in [-0.2, 0) is 0 Å². The van der Waals surface area contributed by atoms with Crippen LogP contribution in [-0.4, -0.2) is 16.1 Å². The zero-order valence-electron chi connectivity index (χ0n) is 10.0. The molecule has 3 rings (SSSR count). The van der Waals surface area contributed by atoms with Gasteiger partial charge in [-0.3, -0.25) is 0 Å². The maximum absolute atomic E-state index is 11.1. The van der Waals surface area contributed by atoms with E-state index in [4.69, 9.17) is 9.52 Å². The fourth-order valence-corrected chi connectivity index (χ4v) is 2.93. The molecule has 0 aliphatic heterocycles. The summed E-state index contributed by atoms with van der Waals surface area (Å²) in [5.74, 6) is -0.975. The Kier molecular flexibility index (Phi) is 3.50. The molecule has 1 N–H and O–H groups in total. The van der Waals surface area contributed by atoms with Crippen molar-refractivity contribution in [3.05, 3.63) is 52.5 Å². The third kappa shape index (κ3) is 2.57. The Bertz CT molecular complexity index is 767. The first-order valence-electron chi connectivity index (χ1n) is 5.70. The Hall–Kier alpha value is -1.79. The fraction of sp³-hybridized carbons (Fsp3) is 0. The summed E-state index contributed by atoms with van der Waals surface area (Å²) in [7, 11) is 0. The number of carboxylic acid groups (broad SMARTS) is 1. The van der Waals surface area contributed by atoms with Gasteiger partial charge in [0.2, 0.25) is 0 Å². The Labute approximate surface area is 126 Å². The van der Waals surface area contributed by atoms with Gasteiger partial charge in [-0.25, -0.2) is 9.78 Å². The summed E-state index contributed by atoms with van der Waals surface area (Å²) >= 11 is 4.51. The third-order valence-electron chi connectivity index (χ3n) is 2.65. The van der Waals surface area contributed by atoms with Crippen LogP contribution in [0, 0.1) is 0 Å². The number of para-hydroxylation sites is 2. The highest BCUT2D eigenvalue weighted by molar-refractivity contribution is 9.10. The second-order valence-electron chi connectivity index (χ2n) is 4.00. The van der Waals surface area contributed by atoms with E-state index in [2.05, 4.69) is 20.9 Å². The van der Waals surface area contributed by atoms with Crippen molar-refractivity contribution in [2.24, 2.45) is 0 Å². The molecule has 1 heterocycles. The molecule has 0 amide bonds. The number of aromatic nitrogens is 1. The summed E-state index contributed by atoms with van der Waals surface area (Å²) in [6, 6.07) is 12.6. The minimum atomic E-state index is -0.975. The van der Waals surface area contributed by atoms with Gasteiger partial charge in [-0.2, -0.15) is 0 Å². The number of hydrogen-bond acceptors (Lipinski definition) is 4. The second-order valence-corrected chi connectivity index (χ2v) is 5.88. The van der Waals surface area contributed by atoms with Crippen molar-refractivity contribution in [1.82, 2.24) is 4.98 Å². The maximum atomic E-state index is 11.1. The number of nitrogens with zero attached hydrogens (tertiary/aromatic N) is 1. The van der Waals surface area contributed by atoms with Crippen molar-refractivity contribution in [3.63, 3.8) is 0 Å². The van der Waals surface area contributed by atoms with Crippen LogP contribution in [0.25, 0.3) is 11.1 Å². The molecular weight excluding hydrogens is 342 g/mol. The van der Waals surface area contributed by atoms with E-state index < -0.39 is 5.97 Å². The highest BCUT2D eigenvalue weighted by Crippen LogP contribution is 2.32. The molecule has 0 saturated heterocycles. The van der Waals surface area contributed by atoms with E-state index in [0.29, 0.717) is 15.3 Å². The number of halogens is 1. The average molecular weight is 350 g/mol. The van der Waals surface area contributed by atoms with E-state index >= 15 is 0 Å². The van der Waals surface area contributed by atoms with Gasteiger partial charge in [0.25, 0.3) is 5.22 Å². The van der Waals surface area contributed by atoms with Crippen molar-refractivity contribution in [2.45, 2.75) is 10.1 Å². The molecule has 2 aromatic carbocycles. The zero-order chi connectivity index (χ0) is 14.1. The Morgan fingerprint density at radius 1 is 1.25 bits per heavy atom. The number of oxazole rings is 1. The molecule has 0 saturated carbocycles. The number of fused-ring (bicyclic) bond motifs is 1. The Morgan fingerprint density at radius 2 is 2.05 bits per heavy atom. The summed E-state index contributed by atoms with van der Waals surface area (Å²) in [6.07, 6.45) is 0. The number of carbonyl (C=O) groups is 1. The van der Waals surface area contributed by atoms with Crippen LogP contribution in [0.15, 0.2) is 61.5 Å². The van der Waals surface area contributed by atoms with Crippen molar-refractivity contribution in [3.8, 4) is 0 Å². The highest BCUT2D eigenvalue weighted by atomic mass is 79.9. The van der Waals surface area contributed by atoms with Gasteiger partial charge in [0.15, 0.2) is 5.58 Å². The van der Waals surface area contributed by atoms with Crippen molar-refractivity contribution < 1.29 is 14.3 Å². The van der Waals surface area contributed by atoms with E-state index in [0.717, 1.165) is 10.4 Å². The molecule has 0 bridgehead atoms. The van der Waals surface area contributed by atoms with Crippen LogP contribution in [0.1, 0.15) is 10.4 Å². The van der Waals surface area contributed by atoms with Gasteiger partial charge in [-0.1, -0.05) is 12.1 Å². The second kappa shape index (κ2) is 5.30. The highest BCUT2D eigenvalue weighted by Gasteiger charge is 2.12. The van der Waals surface area contributed by atoms with Crippen LogP contribution >= 0.6 is 27.7 Å². The average Bonchev–Trinajstić information content (AvgIpc) is 2.82. The van der Waals surface area contributed by atoms with E-state index in [1.807, 2.05) is 30.3 Å². The Balaban J connectivity index is 1.94. The van der Waals surface area contributed by atoms with Gasteiger partial charge < -0.3 is 9.52 Å². The van der Waals surface area contributed by atoms with Crippen LogP contribution in [0.2, 0.25) is 0 Å². The first-order valence-corrected chi connectivity index (χ1v) is 7.31. The lowest BCUT2D eigenvalue weighted by molar-refractivity contribution is 0.0695. The number of aromatic carboxylic acids is 1. The van der Waals surface area contributed by atoms with E-state index in [-0.39, 0.29) is 5.56 Å². The van der Waals surface area contributed by atoms with Gasteiger partial charge in [0.05, 0.1) is 5.56 Å². The molecular formula is C14H8BrNO3S. The first kappa shape index (κ1) is 13.2. The SMILES string of the molecule is O=C(O)c1cc(Sc2nc3ccccc3o2)ccc1Br. The van der Waals surface area contributed by atoms with E-state index in [9.17, 15) is 4.79 Å². The molecule has 3 aromatic rings. The lowest BCUT2D eigenvalue weighted by Crippen LogP contribution is -1.97. The molecule has 20 heavy (non-hydrogen) atoms. The lowest BCUT2D eigenvalue weighted by Gasteiger charge is -2.01. The number of benzene rings is 2. The first-order chi connectivity index (χ1) is 9.63. The lowest BCUT2D eigenvalue weighted by atomic mass is 10.2. The molecule has 0 spiro atoms. The molecule has 0 radical (unpaired) electrons. The number of rotatable bonds is 3. The molecule has 0 aliphatic carbocycles. The zero-order valence-corrected chi connectivity index (χ0v) is 12.4. The number of hydrogen-bond donors (Lipinski definition) is 1. The normalized spacial score (nSPS) is 10.8. The summed E-state index contributed by atoms with van der Waals surface area (Å²) in [5.41, 5.74) is 1.71. The van der Waals surface area contributed by atoms with Gasteiger partial charge in [-0.05, 0) is 58.0 Å². The van der Waals surface area contributed by atoms with Crippen LogP contribution in [0.4, 0.5) is 0 Å².